The fourth-order valence-corrected chi connectivity index (χ4v) is 2.48. The van der Waals surface area contributed by atoms with E-state index in [1.165, 1.54) is 18.4 Å². The monoisotopic (exact) mass is 249 g/mol. The summed E-state index contributed by atoms with van der Waals surface area (Å²) < 4.78 is 5.52. The van der Waals surface area contributed by atoms with E-state index in [1.807, 2.05) is 13.2 Å². The van der Waals surface area contributed by atoms with Gasteiger partial charge in [-0.25, -0.2) is 4.98 Å². The van der Waals surface area contributed by atoms with Crippen molar-refractivity contribution >= 4 is 5.82 Å². The summed E-state index contributed by atoms with van der Waals surface area (Å²) in [4.78, 5) is 6.60. The van der Waals surface area contributed by atoms with Crippen LogP contribution < -0.4 is 5.32 Å². The molecule has 1 unspecified atom stereocenters. The van der Waals surface area contributed by atoms with Gasteiger partial charge in [0.1, 0.15) is 5.82 Å². The minimum Gasteiger partial charge on any atom is -0.381 e. The maximum absolute atomic E-state index is 5.52. The number of pyridine rings is 1. The number of aromatic nitrogens is 1. The Balaban J connectivity index is 1.83. The summed E-state index contributed by atoms with van der Waals surface area (Å²) in [6, 6.07) is 4.18. The summed E-state index contributed by atoms with van der Waals surface area (Å²) in [5.74, 6) is 1.62. The maximum Gasteiger partial charge on any atom is 0.125 e. The molecule has 0 aromatic carbocycles. The highest BCUT2D eigenvalue weighted by atomic mass is 16.5. The molecule has 1 aromatic rings. The standard InChI is InChI=1S/C14H23N3O/c1-15-14-8-12(5-6-16-14)9-17(2)10-13-4-3-7-18-11-13/h5-6,8,13H,3-4,7,9-11H2,1-2H3,(H,15,16). The fraction of sp³-hybridized carbons (Fsp3) is 0.643. The Morgan fingerprint density at radius 1 is 1.56 bits per heavy atom. The third-order valence-corrected chi connectivity index (χ3v) is 3.36. The Morgan fingerprint density at radius 2 is 2.44 bits per heavy atom. The minimum atomic E-state index is 0.689. The van der Waals surface area contributed by atoms with Crippen LogP contribution >= 0.6 is 0 Å². The van der Waals surface area contributed by atoms with Crippen molar-refractivity contribution in [3.05, 3.63) is 23.9 Å². The number of nitrogens with one attached hydrogen (secondary N) is 1. The van der Waals surface area contributed by atoms with E-state index in [0.717, 1.165) is 32.1 Å². The first kappa shape index (κ1) is 13.3. The van der Waals surface area contributed by atoms with Crippen molar-refractivity contribution in [3.8, 4) is 0 Å². The number of hydrogen-bond acceptors (Lipinski definition) is 4. The Kier molecular flexibility index (Phi) is 4.96. The zero-order valence-corrected chi connectivity index (χ0v) is 11.4. The molecule has 1 aliphatic heterocycles. The molecule has 0 amide bonds. The summed E-state index contributed by atoms with van der Waals surface area (Å²) >= 11 is 0. The van der Waals surface area contributed by atoms with Crippen LogP contribution in [0.4, 0.5) is 5.82 Å². The van der Waals surface area contributed by atoms with Crippen LogP contribution in [0.1, 0.15) is 18.4 Å². The van der Waals surface area contributed by atoms with E-state index in [-0.39, 0.29) is 0 Å². The highest BCUT2D eigenvalue weighted by molar-refractivity contribution is 5.36. The molecule has 0 aliphatic carbocycles. The van der Waals surface area contributed by atoms with Crippen molar-refractivity contribution in [1.29, 1.82) is 0 Å². The van der Waals surface area contributed by atoms with E-state index in [9.17, 15) is 0 Å². The SMILES string of the molecule is CNc1cc(CN(C)CC2CCCOC2)ccn1. The van der Waals surface area contributed by atoms with E-state index in [2.05, 4.69) is 34.4 Å². The predicted molar refractivity (Wildman–Crippen MR) is 73.7 cm³/mol. The Morgan fingerprint density at radius 3 is 3.17 bits per heavy atom. The van der Waals surface area contributed by atoms with Crippen molar-refractivity contribution in [3.63, 3.8) is 0 Å². The van der Waals surface area contributed by atoms with Crippen LogP contribution in [-0.2, 0) is 11.3 Å². The number of anilines is 1. The fourth-order valence-electron chi connectivity index (χ4n) is 2.48. The van der Waals surface area contributed by atoms with E-state index < -0.39 is 0 Å². The molecule has 4 heteroatoms. The van der Waals surface area contributed by atoms with Gasteiger partial charge in [0.05, 0.1) is 6.61 Å². The van der Waals surface area contributed by atoms with Crippen LogP contribution in [0.25, 0.3) is 0 Å². The van der Waals surface area contributed by atoms with Crippen molar-refractivity contribution in [2.24, 2.45) is 5.92 Å². The van der Waals surface area contributed by atoms with E-state index in [4.69, 9.17) is 4.74 Å². The number of nitrogens with zero attached hydrogens (tertiary/aromatic N) is 2. The second-order valence-corrected chi connectivity index (χ2v) is 5.08. The lowest BCUT2D eigenvalue weighted by Gasteiger charge is -2.27. The highest BCUT2D eigenvalue weighted by Gasteiger charge is 2.15. The largest absolute Gasteiger partial charge is 0.381 e. The summed E-state index contributed by atoms with van der Waals surface area (Å²) in [6.07, 6.45) is 4.36. The molecule has 0 spiro atoms. The first-order valence-corrected chi connectivity index (χ1v) is 6.67. The zero-order chi connectivity index (χ0) is 12.8. The van der Waals surface area contributed by atoms with Crippen LogP contribution in [-0.4, -0.2) is 43.7 Å². The zero-order valence-electron chi connectivity index (χ0n) is 11.4. The second-order valence-electron chi connectivity index (χ2n) is 5.08. The van der Waals surface area contributed by atoms with Gasteiger partial charge in [-0.05, 0) is 43.5 Å². The molecule has 1 saturated heterocycles. The normalized spacial score (nSPS) is 20.1. The molecule has 1 fully saturated rings. The van der Waals surface area contributed by atoms with Gasteiger partial charge in [-0.2, -0.15) is 0 Å². The number of hydrogen-bond donors (Lipinski definition) is 1. The molecular weight excluding hydrogens is 226 g/mol. The highest BCUT2D eigenvalue weighted by Crippen LogP contribution is 2.16. The number of ether oxygens (including phenoxy) is 1. The van der Waals surface area contributed by atoms with Gasteiger partial charge in [-0.3, -0.25) is 0 Å². The Labute approximate surface area is 109 Å². The molecule has 18 heavy (non-hydrogen) atoms. The van der Waals surface area contributed by atoms with Crippen LogP contribution in [0.5, 0.6) is 0 Å². The predicted octanol–water partition coefficient (Wildman–Crippen LogP) is 1.98. The average Bonchev–Trinajstić information content (AvgIpc) is 2.40. The Hall–Kier alpha value is -1.13. The molecule has 100 valence electrons. The molecule has 2 heterocycles. The third kappa shape index (κ3) is 3.96. The summed E-state index contributed by atoms with van der Waals surface area (Å²) in [5, 5.41) is 3.07. The minimum absolute atomic E-state index is 0.689. The molecule has 1 aliphatic rings. The molecule has 1 atom stereocenters. The van der Waals surface area contributed by atoms with Crippen LogP contribution in [0.2, 0.25) is 0 Å². The van der Waals surface area contributed by atoms with Crippen molar-refractivity contribution in [2.45, 2.75) is 19.4 Å². The molecule has 2 rings (SSSR count). The van der Waals surface area contributed by atoms with Crippen LogP contribution in [0, 0.1) is 5.92 Å². The van der Waals surface area contributed by atoms with Gasteiger partial charge < -0.3 is 15.0 Å². The average molecular weight is 249 g/mol. The van der Waals surface area contributed by atoms with Gasteiger partial charge in [0.25, 0.3) is 0 Å². The van der Waals surface area contributed by atoms with Crippen molar-refractivity contribution in [2.75, 3.05) is 39.2 Å². The van der Waals surface area contributed by atoms with E-state index in [0.29, 0.717) is 5.92 Å². The molecule has 1 aromatic heterocycles. The van der Waals surface area contributed by atoms with Gasteiger partial charge >= 0.3 is 0 Å². The molecule has 4 nitrogen and oxygen atoms in total. The van der Waals surface area contributed by atoms with Gasteiger partial charge in [-0.15, -0.1) is 0 Å². The number of rotatable bonds is 5. The summed E-state index contributed by atoms with van der Waals surface area (Å²) in [6.45, 7) is 3.93. The first-order chi connectivity index (χ1) is 8.78. The lowest BCUT2D eigenvalue weighted by Crippen LogP contribution is -2.30. The quantitative estimate of drug-likeness (QED) is 0.866. The van der Waals surface area contributed by atoms with Crippen molar-refractivity contribution in [1.82, 2.24) is 9.88 Å². The first-order valence-electron chi connectivity index (χ1n) is 6.67. The maximum atomic E-state index is 5.52. The van der Waals surface area contributed by atoms with E-state index >= 15 is 0 Å². The molecule has 0 radical (unpaired) electrons. The van der Waals surface area contributed by atoms with Crippen LogP contribution in [0.15, 0.2) is 18.3 Å². The topological polar surface area (TPSA) is 37.4 Å². The smallest absolute Gasteiger partial charge is 0.125 e. The van der Waals surface area contributed by atoms with E-state index in [1.54, 1.807) is 0 Å². The Bertz CT molecular complexity index is 364. The van der Waals surface area contributed by atoms with Gasteiger partial charge in [0.2, 0.25) is 0 Å². The summed E-state index contributed by atoms with van der Waals surface area (Å²) in [5.41, 5.74) is 1.30. The van der Waals surface area contributed by atoms with Crippen LogP contribution in [0.3, 0.4) is 0 Å². The van der Waals surface area contributed by atoms with Gasteiger partial charge in [0.15, 0.2) is 0 Å². The molecule has 1 N–H and O–H groups in total. The van der Waals surface area contributed by atoms with Crippen molar-refractivity contribution < 1.29 is 4.74 Å². The van der Waals surface area contributed by atoms with Gasteiger partial charge in [-0.1, -0.05) is 0 Å². The molecular formula is C14H23N3O. The lowest BCUT2D eigenvalue weighted by atomic mass is 10.0. The molecule has 0 bridgehead atoms. The third-order valence-electron chi connectivity index (χ3n) is 3.36. The summed E-state index contributed by atoms with van der Waals surface area (Å²) in [7, 11) is 4.07. The molecule has 0 saturated carbocycles. The second kappa shape index (κ2) is 6.71. The van der Waals surface area contributed by atoms with Gasteiger partial charge in [0, 0.05) is 32.9 Å². The lowest BCUT2D eigenvalue weighted by molar-refractivity contribution is 0.0411.